The van der Waals surface area contributed by atoms with Gasteiger partial charge in [-0.1, -0.05) is 6.07 Å². The van der Waals surface area contributed by atoms with Crippen LogP contribution in [0.25, 0.3) is 0 Å². The lowest BCUT2D eigenvalue weighted by atomic mass is 9.89. The van der Waals surface area contributed by atoms with Crippen molar-refractivity contribution in [3.05, 3.63) is 54.6 Å². The van der Waals surface area contributed by atoms with Gasteiger partial charge in [0.1, 0.15) is 0 Å². The first kappa shape index (κ1) is 16.9. The van der Waals surface area contributed by atoms with E-state index in [-0.39, 0.29) is 11.8 Å². The molecule has 0 radical (unpaired) electrons. The molecular weight excluding hydrogens is 322 g/mol. The van der Waals surface area contributed by atoms with Crippen LogP contribution < -0.4 is 0 Å². The monoisotopic (exact) mass is 343 g/mol. The quantitative estimate of drug-likeness (QED) is 0.845. The van der Waals surface area contributed by atoms with Gasteiger partial charge in [-0.25, -0.2) is 0 Å². The van der Waals surface area contributed by atoms with Crippen LogP contribution in [0, 0.1) is 5.92 Å². The molecule has 1 aliphatic rings. The van der Waals surface area contributed by atoms with Crippen molar-refractivity contribution in [2.45, 2.75) is 23.8 Å². The molecule has 1 N–H and O–H groups in total. The molecule has 0 unspecified atom stereocenters. The van der Waals surface area contributed by atoms with Crippen LogP contribution >= 0.6 is 11.8 Å². The van der Waals surface area contributed by atoms with Crippen molar-refractivity contribution >= 4 is 17.7 Å². The average Bonchev–Trinajstić information content (AvgIpc) is 2.67. The highest BCUT2D eigenvalue weighted by Crippen LogP contribution is 2.30. The number of amides is 1. The number of aliphatic hydroxyl groups excluding tert-OH is 1. The maximum atomic E-state index is 12.3. The summed E-state index contributed by atoms with van der Waals surface area (Å²) in [5, 5.41) is 10.4. The molecule has 24 heavy (non-hydrogen) atoms. The van der Waals surface area contributed by atoms with E-state index in [4.69, 9.17) is 0 Å². The zero-order valence-corrected chi connectivity index (χ0v) is 14.2. The summed E-state index contributed by atoms with van der Waals surface area (Å²) in [6, 6.07) is 9.41. The third-order valence-corrected chi connectivity index (χ3v) is 5.34. The van der Waals surface area contributed by atoms with Gasteiger partial charge in [-0.05, 0) is 43.0 Å². The van der Waals surface area contributed by atoms with E-state index in [1.165, 1.54) is 11.8 Å². The zero-order valence-electron chi connectivity index (χ0n) is 13.4. The second-order valence-electron chi connectivity index (χ2n) is 5.89. The highest BCUT2D eigenvalue weighted by atomic mass is 32.2. The van der Waals surface area contributed by atoms with E-state index >= 15 is 0 Å². The second kappa shape index (κ2) is 8.26. The van der Waals surface area contributed by atoms with E-state index in [2.05, 4.69) is 9.97 Å². The highest BCUT2D eigenvalue weighted by molar-refractivity contribution is 8.00. The third kappa shape index (κ3) is 4.33. The molecule has 2 aromatic rings. The molecule has 1 atom stereocenters. The molecular formula is C18H21N3O2S. The first-order chi connectivity index (χ1) is 11.7. The lowest BCUT2D eigenvalue weighted by Gasteiger charge is -2.34. The lowest BCUT2D eigenvalue weighted by molar-refractivity contribution is -0.130. The third-order valence-electron chi connectivity index (χ3n) is 4.34. The van der Waals surface area contributed by atoms with Gasteiger partial charge in [0.25, 0.3) is 0 Å². The van der Waals surface area contributed by atoms with Crippen LogP contribution in [-0.2, 0) is 4.79 Å². The predicted molar refractivity (Wildman–Crippen MR) is 93.5 cm³/mol. The van der Waals surface area contributed by atoms with Crippen LogP contribution in [0.15, 0.2) is 53.8 Å². The summed E-state index contributed by atoms with van der Waals surface area (Å²) in [7, 11) is 0. The topological polar surface area (TPSA) is 66.3 Å². The number of nitrogens with zero attached hydrogens (tertiary/aromatic N) is 3. The fraction of sp³-hybridized carbons (Fsp3) is 0.389. The highest BCUT2D eigenvalue weighted by Gasteiger charge is 2.28. The Morgan fingerprint density at radius 3 is 2.62 bits per heavy atom. The first-order valence-corrected chi connectivity index (χ1v) is 9.12. The molecule has 5 nitrogen and oxygen atoms in total. The molecule has 1 amide bonds. The molecule has 3 rings (SSSR count). The van der Waals surface area contributed by atoms with E-state index in [1.807, 2.05) is 35.2 Å². The van der Waals surface area contributed by atoms with Gasteiger partial charge < -0.3 is 10.0 Å². The van der Waals surface area contributed by atoms with Crippen LogP contribution in [0.5, 0.6) is 0 Å². The van der Waals surface area contributed by atoms with E-state index in [0.717, 1.165) is 23.4 Å². The standard InChI is InChI=1S/C18H21N3O2S/c22-17(13-24-15-4-9-19-10-5-15)21-11-6-14(7-12-21)18(23)16-3-1-2-8-20-16/h1-5,8-10,14,18,23H,6-7,11-13H2/t18-/m0/s1. The molecule has 1 saturated heterocycles. The van der Waals surface area contributed by atoms with Gasteiger partial charge in [0.15, 0.2) is 0 Å². The predicted octanol–water partition coefficient (Wildman–Crippen LogP) is 2.54. The Bertz CT molecular complexity index is 646. The number of carbonyl (C=O) groups excluding carboxylic acids is 1. The van der Waals surface area contributed by atoms with Gasteiger partial charge in [0.05, 0.1) is 17.6 Å². The van der Waals surface area contributed by atoms with E-state index in [1.54, 1.807) is 18.6 Å². The minimum absolute atomic E-state index is 0.155. The number of pyridine rings is 2. The number of aromatic nitrogens is 2. The van der Waals surface area contributed by atoms with Gasteiger partial charge in [-0.15, -0.1) is 11.8 Å². The van der Waals surface area contributed by atoms with Crippen molar-refractivity contribution in [2.24, 2.45) is 5.92 Å². The molecule has 1 aliphatic heterocycles. The molecule has 1 fully saturated rings. The number of carbonyl (C=O) groups is 1. The largest absolute Gasteiger partial charge is 0.387 e. The zero-order chi connectivity index (χ0) is 16.8. The molecule has 0 aromatic carbocycles. The van der Waals surface area contributed by atoms with Crippen LogP contribution in [-0.4, -0.2) is 44.7 Å². The molecule has 0 aliphatic carbocycles. The summed E-state index contributed by atoms with van der Waals surface area (Å²) in [5.74, 6) is 0.761. The molecule has 6 heteroatoms. The summed E-state index contributed by atoms with van der Waals surface area (Å²) >= 11 is 1.54. The van der Waals surface area contributed by atoms with Crippen molar-refractivity contribution < 1.29 is 9.90 Å². The van der Waals surface area contributed by atoms with E-state index in [9.17, 15) is 9.90 Å². The van der Waals surface area contributed by atoms with Gasteiger partial charge in [-0.3, -0.25) is 14.8 Å². The Labute approximate surface area is 146 Å². The fourth-order valence-corrected chi connectivity index (χ4v) is 3.71. The maximum absolute atomic E-state index is 12.3. The Balaban J connectivity index is 1.47. The summed E-state index contributed by atoms with van der Waals surface area (Å²) in [5.41, 5.74) is 0.718. The van der Waals surface area contributed by atoms with Gasteiger partial charge in [-0.2, -0.15) is 0 Å². The Kier molecular flexibility index (Phi) is 5.82. The van der Waals surface area contributed by atoms with Crippen LogP contribution in [0.2, 0.25) is 0 Å². The average molecular weight is 343 g/mol. The molecule has 0 bridgehead atoms. The van der Waals surface area contributed by atoms with Crippen LogP contribution in [0.3, 0.4) is 0 Å². The van der Waals surface area contributed by atoms with Crippen molar-refractivity contribution in [2.75, 3.05) is 18.8 Å². The number of piperidine rings is 1. The van der Waals surface area contributed by atoms with Gasteiger partial charge in [0.2, 0.25) is 5.91 Å². The number of thioether (sulfide) groups is 1. The van der Waals surface area contributed by atoms with Crippen LogP contribution in [0.1, 0.15) is 24.6 Å². The molecule has 0 spiro atoms. The Hall–Kier alpha value is -1.92. The number of hydrogen-bond donors (Lipinski definition) is 1. The number of rotatable bonds is 5. The lowest BCUT2D eigenvalue weighted by Crippen LogP contribution is -2.40. The normalized spacial score (nSPS) is 16.8. The minimum atomic E-state index is -0.547. The fourth-order valence-electron chi connectivity index (χ4n) is 2.93. The number of hydrogen-bond acceptors (Lipinski definition) is 5. The summed E-state index contributed by atoms with van der Waals surface area (Å²) in [6.45, 7) is 1.40. The van der Waals surface area contributed by atoms with Crippen molar-refractivity contribution in [1.82, 2.24) is 14.9 Å². The van der Waals surface area contributed by atoms with Gasteiger partial charge >= 0.3 is 0 Å². The number of aliphatic hydroxyl groups is 1. The Morgan fingerprint density at radius 2 is 1.96 bits per heavy atom. The minimum Gasteiger partial charge on any atom is -0.387 e. The van der Waals surface area contributed by atoms with Crippen LogP contribution in [0.4, 0.5) is 0 Å². The second-order valence-corrected chi connectivity index (χ2v) is 6.94. The summed E-state index contributed by atoms with van der Waals surface area (Å²) < 4.78 is 0. The summed E-state index contributed by atoms with van der Waals surface area (Å²) in [4.78, 5) is 23.5. The Morgan fingerprint density at radius 1 is 1.21 bits per heavy atom. The van der Waals surface area contributed by atoms with Crippen molar-refractivity contribution in [3.8, 4) is 0 Å². The summed E-state index contributed by atoms with van der Waals surface area (Å²) in [6.07, 6.45) is 6.24. The van der Waals surface area contributed by atoms with E-state index < -0.39 is 6.10 Å². The molecule has 3 heterocycles. The molecule has 0 saturated carbocycles. The first-order valence-electron chi connectivity index (χ1n) is 8.13. The van der Waals surface area contributed by atoms with Crippen molar-refractivity contribution in [1.29, 1.82) is 0 Å². The molecule has 126 valence electrons. The SMILES string of the molecule is O=C(CSc1ccncc1)N1CCC([C@H](O)c2ccccn2)CC1. The smallest absolute Gasteiger partial charge is 0.232 e. The van der Waals surface area contributed by atoms with E-state index in [0.29, 0.717) is 18.8 Å². The van der Waals surface area contributed by atoms with Crippen molar-refractivity contribution in [3.63, 3.8) is 0 Å². The maximum Gasteiger partial charge on any atom is 0.232 e. The molecule has 2 aromatic heterocycles. The number of likely N-dealkylation sites (tertiary alicyclic amines) is 1. The van der Waals surface area contributed by atoms with Gasteiger partial charge in [0, 0.05) is 36.6 Å².